The van der Waals surface area contributed by atoms with E-state index in [9.17, 15) is 24.3 Å². The largest absolute Gasteiger partial charge is 0.494 e. The number of aliphatic hydroxyl groups excluding tert-OH is 1. The van der Waals surface area contributed by atoms with Crippen LogP contribution in [0.15, 0.2) is 60.2 Å². The third-order valence-corrected chi connectivity index (χ3v) is 15.3. The Hall–Kier alpha value is -5.73. The van der Waals surface area contributed by atoms with E-state index in [1.165, 1.54) is 11.3 Å². The minimum atomic E-state index is -0.939. The van der Waals surface area contributed by atoms with Crippen molar-refractivity contribution in [3.8, 4) is 16.2 Å². The van der Waals surface area contributed by atoms with E-state index in [2.05, 4.69) is 31.2 Å². The molecule has 2 saturated carbocycles. The lowest BCUT2D eigenvalue weighted by atomic mass is 9.81. The highest BCUT2D eigenvalue weighted by atomic mass is 32.1. The zero-order valence-electron chi connectivity index (χ0n) is 45.3. The van der Waals surface area contributed by atoms with Crippen LogP contribution in [-0.2, 0) is 39.9 Å². The molecule has 1 saturated heterocycles. The number of likely N-dealkylation sites (tertiary alicyclic amines) is 1. The molecule has 19 heteroatoms. The molecule has 0 bridgehead atoms. The van der Waals surface area contributed by atoms with Crippen molar-refractivity contribution in [2.24, 2.45) is 11.3 Å². The van der Waals surface area contributed by atoms with Gasteiger partial charge < -0.3 is 55.1 Å². The minimum absolute atomic E-state index is 0.00168. The van der Waals surface area contributed by atoms with Crippen molar-refractivity contribution in [1.29, 1.82) is 0 Å². The summed E-state index contributed by atoms with van der Waals surface area (Å²) < 4.78 is 23.1. The number of carbonyl (C=O) groups is 4. The number of ether oxygens (including phenoxy) is 4. The summed E-state index contributed by atoms with van der Waals surface area (Å²) in [5, 5.41) is 23.2. The number of aryl methyl sites for hydroxylation is 1. The summed E-state index contributed by atoms with van der Waals surface area (Å²) in [4.78, 5) is 71.1. The van der Waals surface area contributed by atoms with E-state index in [-0.39, 0.29) is 43.8 Å². The summed E-state index contributed by atoms with van der Waals surface area (Å²) in [6.07, 6.45) is 11.9. The number of β-amino-alcohol motifs (C(OH)–C–C–N with tert-alkyl or cyclic N) is 1. The van der Waals surface area contributed by atoms with Crippen LogP contribution in [0.3, 0.4) is 0 Å². The third kappa shape index (κ3) is 17.4. The fraction of sp³-hybridized carbons (Fsp3) is 0.596. The lowest BCUT2D eigenvalue weighted by Crippen LogP contribution is -2.58. The molecular formula is C57H81N9O9S. The van der Waals surface area contributed by atoms with Crippen LogP contribution in [0, 0.1) is 18.3 Å². The number of amides is 4. The highest BCUT2D eigenvalue weighted by molar-refractivity contribution is 7.13. The number of hydrogen-bond donors (Lipinski definition) is 5. The van der Waals surface area contributed by atoms with Crippen LogP contribution in [0.1, 0.15) is 121 Å². The van der Waals surface area contributed by atoms with Gasteiger partial charge >= 0.3 is 0 Å². The number of benzene rings is 2. The standard InChI is InChI=1S/C57H81N9O9S/c1-39-50(76-38-61-39)42-19-17-40(18-20-42)34-59-53(69)48-33-45(67)36-66(48)55(71)51(57(2,3)4)63-49(68)37-74-31-11-29-72-27-6-7-28-73-30-12-32-75-46-23-21-44(22-24-46)62-56-60-35-47(41-13-8-14-41)52(64-56)58-25-10-26-65(5)54(70)43-15-9-16-43/h17-24,35,38,41,43,45,48,51,67H,6-16,25-34,36-37H2,1-5H3,(H,59,69)(H,63,68)(H2,58,60,62,64)/t45-,48+,51-/m1/s1. The average molecular weight is 1070 g/mol. The smallest absolute Gasteiger partial charge is 0.246 e. The molecule has 4 aromatic rings. The van der Waals surface area contributed by atoms with Crippen LogP contribution in [0.25, 0.3) is 10.4 Å². The second-order valence-corrected chi connectivity index (χ2v) is 22.3. The number of nitrogens with zero attached hydrogens (tertiary/aromatic N) is 5. The zero-order chi connectivity index (χ0) is 53.9. The summed E-state index contributed by atoms with van der Waals surface area (Å²) in [5.74, 6) is 1.94. The first-order chi connectivity index (χ1) is 36.7. The van der Waals surface area contributed by atoms with Gasteiger partial charge in [-0.15, -0.1) is 11.3 Å². The predicted octanol–water partition coefficient (Wildman–Crippen LogP) is 7.78. The molecule has 0 spiro atoms. The fourth-order valence-electron chi connectivity index (χ4n) is 9.35. The molecule has 3 heterocycles. The second kappa shape index (κ2) is 29.1. The molecule has 0 unspecified atom stereocenters. The maximum atomic E-state index is 14.0. The maximum Gasteiger partial charge on any atom is 0.246 e. The molecule has 76 heavy (non-hydrogen) atoms. The lowest BCUT2D eigenvalue weighted by molar-refractivity contribution is -0.144. The van der Waals surface area contributed by atoms with Gasteiger partial charge in [-0.2, -0.15) is 4.98 Å². The van der Waals surface area contributed by atoms with Crippen LogP contribution in [0.2, 0.25) is 0 Å². The Labute approximate surface area is 452 Å². The van der Waals surface area contributed by atoms with Crippen molar-refractivity contribution < 1.29 is 43.2 Å². The van der Waals surface area contributed by atoms with Crippen LogP contribution in [0.5, 0.6) is 5.75 Å². The Morgan fingerprint density at radius 1 is 0.855 bits per heavy atom. The first-order valence-electron chi connectivity index (χ1n) is 27.4. The number of nitrogens with one attached hydrogen (secondary N) is 4. The van der Waals surface area contributed by atoms with Gasteiger partial charge in [-0.1, -0.05) is 57.9 Å². The number of anilines is 3. The van der Waals surface area contributed by atoms with E-state index >= 15 is 0 Å². The summed E-state index contributed by atoms with van der Waals surface area (Å²) in [6, 6.07) is 13.9. The Morgan fingerprint density at radius 2 is 1.54 bits per heavy atom. The summed E-state index contributed by atoms with van der Waals surface area (Å²) in [7, 11) is 1.91. The fourth-order valence-corrected chi connectivity index (χ4v) is 10.2. The maximum absolute atomic E-state index is 14.0. The van der Waals surface area contributed by atoms with Crippen molar-refractivity contribution >= 4 is 52.4 Å². The molecule has 7 rings (SSSR count). The topological polar surface area (TPSA) is 219 Å². The molecule has 4 amide bonds. The number of aromatic nitrogens is 3. The van der Waals surface area contributed by atoms with Crippen LogP contribution < -0.4 is 26.0 Å². The first kappa shape index (κ1) is 58.0. The molecule has 2 aliphatic carbocycles. The van der Waals surface area contributed by atoms with E-state index in [1.807, 2.05) is 99.9 Å². The van der Waals surface area contributed by atoms with Gasteiger partial charge in [-0.3, -0.25) is 19.2 Å². The van der Waals surface area contributed by atoms with Gasteiger partial charge in [0.25, 0.3) is 0 Å². The van der Waals surface area contributed by atoms with Crippen molar-refractivity contribution in [3.63, 3.8) is 0 Å². The molecule has 2 aromatic carbocycles. The van der Waals surface area contributed by atoms with Crippen LogP contribution in [0.4, 0.5) is 17.5 Å². The Kier molecular flexibility index (Phi) is 22.2. The highest BCUT2D eigenvalue weighted by Crippen LogP contribution is 2.39. The van der Waals surface area contributed by atoms with E-state index in [4.69, 9.17) is 23.9 Å². The number of hydrogen-bond acceptors (Lipinski definition) is 15. The monoisotopic (exact) mass is 1070 g/mol. The van der Waals surface area contributed by atoms with E-state index in [0.717, 1.165) is 115 Å². The quantitative estimate of drug-likeness (QED) is 0.0304. The van der Waals surface area contributed by atoms with Crippen LogP contribution in [-0.4, -0.2) is 145 Å². The van der Waals surface area contributed by atoms with Crippen LogP contribution >= 0.6 is 11.3 Å². The van der Waals surface area contributed by atoms with Gasteiger partial charge in [0, 0.05) is 102 Å². The normalized spacial score (nSPS) is 17.1. The van der Waals surface area contributed by atoms with E-state index in [0.29, 0.717) is 57.9 Å². The number of carbonyl (C=O) groups excluding carboxylic acids is 4. The molecule has 2 aromatic heterocycles. The Bertz CT molecular complexity index is 2460. The van der Waals surface area contributed by atoms with Crippen molar-refractivity contribution in [3.05, 3.63) is 77.1 Å². The number of rotatable bonds is 31. The van der Waals surface area contributed by atoms with Gasteiger partial charge in [0.15, 0.2) is 0 Å². The number of thiazole rings is 1. The van der Waals surface area contributed by atoms with Crippen molar-refractivity contribution in [2.75, 3.05) is 83.6 Å². The molecule has 3 atom stereocenters. The van der Waals surface area contributed by atoms with Gasteiger partial charge in [0.2, 0.25) is 29.6 Å². The first-order valence-corrected chi connectivity index (χ1v) is 28.3. The molecule has 3 fully saturated rings. The minimum Gasteiger partial charge on any atom is -0.494 e. The van der Waals surface area contributed by atoms with Crippen molar-refractivity contribution in [2.45, 2.75) is 135 Å². The molecule has 0 radical (unpaired) electrons. The van der Waals surface area contributed by atoms with E-state index in [1.54, 1.807) is 11.3 Å². The van der Waals surface area contributed by atoms with Crippen molar-refractivity contribution in [1.82, 2.24) is 35.4 Å². The molecule has 18 nitrogen and oxygen atoms in total. The predicted molar refractivity (Wildman–Crippen MR) is 294 cm³/mol. The van der Waals surface area contributed by atoms with Gasteiger partial charge in [-0.25, -0.2) is 9.97 Å². The number of unbranched alkanes of at least 4 members (excludes halogenated alkanes) is 1. The molecule has 5 N–H and O–H groups in total. The summed E-state index contributed by atoms with van der Waals surface area (Å²) >= 11 is 1.58. The van der Waals surface area contributed by atoms with Gasteiger partial charge in [0.1, 0.15) is 30.3 Å². The number of aliphatic hydroxyl groups is 1. The molecule has 1 aliphatic heterocycles. The van der Waals surface area contributed by atoms with E-state index < -0.39 is 35.4 Å². The molecule has 414 valence electrons. The molecule has 3 aliphatic rings. The Balaban J connectivity index is 0.697. The third-order valence-electron chi connectivity index (χ3n) is 14.3. The summed E-state index contributed by atoms with van der Waals surface area (Å²) in [6.45, 7) is 12.2. The zero-order valence-corrected chi connectivity index (χ0v) is 46.1. The van der Waals surface area contributed by atoms with Gasteiger partial charge in [-0.05, 0) is 105 Å². The highest BCUT2D eigenvalue weighted by Gasteiger charge is 2.44. The lowest BCUT2D eigenvalue weighted by Gasteiger charge is -2.35. The second-order valence-electron chi connectivity index (χ2n) is 21.4. The Morgan fingerprint density at radius 3 is 2.18 bits per heavy atom. The average Bonchev–Trinajstić information content (AvgIpc) is 4.00. The van der Waals surface area contributed by atoms with Gasteiger partial charge in [0.05, 0.1) is 28.8 Å². The molecular weight excluding hydrogens is 987 g/mol. The summed E-state index contributed by atoms with van der Waals surface area (Å²) in [5.41, 5.74) is 6.10. The SMILES string of the molecule is Cc1ncsc1-c1ccc(CNC(=O)[C@@H]2C[C@@H](O)CN2C(=O)[C@@H](NC(=O)COCCCOCCCCOCCCOc2ccc(Nc3ncc(C4CCC4)c(NCCCN(C)C(=O)C4CCC4)n3)cc2)C(C)(C)C)cc1.